The molecule has 1 saturated heterocycles. The first kappa shape index (κ1) is 11.1. The number of H-pyrrole nitrogens is 1. The van der Waals surface area contributed by atoms with Crippen LogP contribution in [0.15, 0.2) is 6.07 Å². The predicted molar refractivity (Wildman–Crippen MR) is 59.2 cm³/mol. The first-order valence-corrected chi connectivity index (χ1v) is 5.47. The van der Waals surface area contributed by atoms with E-state index in [9.17, 15) is 4.79 Å². The molecule has 2 rings (SSSR count). The number of morpholine rings is 1. The molecule has 6 nitrogen and oxygen atoms in total. The van der Waals surface area contributed by atoms with E-state index in [1.165, 1.54) is 0 Å². The molecule has 0 aliphatic carbocycles. The van der Waals surface area contributed by atoms with Gasteiger partial charge in [-0.15, -0.1) is 0 Å². The molecule has 2 heterocycles. The van der Waals surface area contributed by atoms with Crippen LogP contribution in [-0.2, 0) is 16.0 Å². The van der Waals surface area contributed by atoms with E-state index < -0.39 is 6.10 Å². The quantitative estimate of drug-likeness (QED) is 0.670. The molecule has 0 bridgehead atoms. The number of rotatable bonds is 3. The largest absolute Gasteiger partial charge is 0.366 e. The molecular weight excluding hydrogens is 208 g/mol. The Balaban J connectivity index is 1.90. The molecule has 1 aromatic heterocycles. The van der Waals surface area contributed by atoms with Crippen molar-refractivity contribution in [3.8, 4) is 0 Å². The fraction of sp³-hybridized carbons (Fsp3) is 0.600. The molecule has 6 heteroatoms. The van der Waals surface area contributed by atoms with Crippen LogP contribution in [0.1, 0.15) is 12.6 Å². The number of hydrogen-bond donors (Lipinski definition) is 3. The van der Waals surface area contributed by atoms with Gasteiger partial charge in [0.1, 0.15) is 6.10 Å². The number of amides is 1. The van der Waals surface area contributed by atoms with Crippen LogP contribution in [0.3, 0.4) is 0 Å². The van der Waals surface area contributed by atoms with Crippen LogP contribution >= 0.6 is 0 Å². The molecule has 1 aromatic rings. The number of ether oxygens (including phenoxy) is 1. The van der Waals surface area contributed by atoms with Gasteiger partial charge in [0, 0.05) is 24.8 Å². The Morgan fingerprint density at radius 2 is 2.62 bits per heavy atom. The van der Waals surface area contributed by atoms with Crippen molar-refractivity contribution in [2.75, 3.05) is 25.0 Å². The van der Waals surface area contributed by atoms with Crippen molar-refractivity contribution >= 4 is 11.7 Å². The van der Waals surface area contributed by atoms with Gasteiger partial charge in [0.15, 0.2) is 5.82 Å². The number of aromatic nitrogens is 2. The second-order valence-corrected chi connectivity index (χ2v) is 3.68. The summed E-state index contributed by atoms with van der Waals surface area (Å²) in [5.74, 6) is 0.400. The maximum Gasteiger partial charge on any atom is 0.256 e. The minimum absolute atomic E-state index is 0.152. The highest BCUT2D eigenvalue weighted by molar-refractivity contribution is 5.93. The van der Waals surface area contributed by atoms with Crippen molar-refractivity contribution in [3.05, 3.63) is 11.8 Å². The van der Waals surface area contributed by atoms with Gasteiger partial charge in [-0.2, -0.15) is 5.10 Å². The monoisotopic (exact) mass is 224 g/mol. The van der Waals surface area contributed by atoms with Gasteiger partial charge in [-0.1, -0.05) is 6.92 Å². The van der Waals surface area contributed by atoms with Crippen molar-refractivity contribution < 1.29 is 9.53 Å². The lowest BCUT2D eigenvalue weighted by molar-refractivity contribution is -0.128. The number of nitrogens with one attached hydrogen (secondary N) is 3. The molecule has 1 fully saturated rings. The standard InChI is InChI=1S/C10H16N4O2/c1-2-7-5-9(14-13-7)12-10(15)8-6-11-3-4-16-8/h5,8,11H,2-4,6H2,1H3,(H2,12,13,14,15). The van der Waals surface area contributed by atoms with Gasteiger partial charge in [-0.05, 0) is 6.42 Å². The Morgan fingerprint density at radius 1 is 1.75 bits per heavy atom. The first-order chi connectivity index (χ1) is 7.79. The molecule has 1 atom stereocenters. The maximum atomic E-state index is 11.7. The zero-order valence-electron chi connectivity index (χ0n) is 9.25. The number of anilines is 1. The molecule has 88 valence electrons. The first-order valence-electron chi connectivity index (χ1n) is 5.47. The van der Waals surface area contributed by atoms with Crippen molar-refractivity contribution in [2.24, 2.45) is 0 Å². The summed E-state index contributed by atoms with van der Waals surface area (Å²) >= 11 is 0. The Bertz CT molecular complexity index is 357. The average Bonchev–Trinajstić information content (AvgIpc) is 2.78. The highest BCUT2D eigenvalue weighted by atomic mass is 16.5. The molecule has 1 amide bonds. The van der Waals surface area contributed by atoms with E-state index in [0.717, 1.165) is 18.7 Å². The summed E-state index contributed by atoms with van der Waals surface area (Å²) in [6, 6.07) is 1.83. The zero-order valence-corrected chi connectivity index (χ0v) is 9.25. The molecule has 0 saturated carbocycles. The second kappa shape index (κ2) is 5.09. The van der Waals surface area contributed by atoms with Crippen LogP contribution < -0.4 is 10.6 Å². The summed E-state index contributed by atoms with van der Waals surface area (Å²) in [5.41, 5.74) is 0.998. The van der Waals surface area contributed by atoms with E-state index in [1.54, 1.807) is 0 Å². The molecule has 1 aliphatic heterocycles. The highest BCUT2D eigenvalue weighted by Crippen LogP contribution is 2.07. The van der Waals surface area contributed by atoms with Crippen LogP contribution in [0.2, 0.25) is 0 Å². The number of aromatic amines is 1. The number of carbonyl (C=O) groups is 1. The van der Waals surface area contributed by atoms with Crippen molar-refractivity contribution in [1.82, 2.24) is 15.5 Å². The minimum atomic E-state index is -0.421. The Hall–Kier alpha value is -1.40. The smallest absolute Gasteiger partial charge is 0.256 e. The third kappa shape index (κ3) is 2.59. The Morgan fingerprint density at radius 3 is 3.25 bits per heavy atom. The van der Waals surface area contributed by atoms with Crippen molar-refractivity contribution in [3.63, 3.8) is 0 Å². The van der Waals surface area contributed by atoms with Crippen LogP contribution in [0, 0.1) is 0 Å². The van der Waals surface area contributed by atoms with E-state index in [-0.39, 0.29) is 5.91 Å². The SMILES string of the molecule is CCc1cc(NC(=O)C2CNCCO2)n[nH]1. The summed E-state index contributed by atoms with van der Waals surface area (Å²) in [7, 11) is 0. The fourth-order valence-corrected chi connectivity index (χ4v) is 1.55. The van der Waals surface area contributed by atoms with Gasteiger partial charge >= 0.3 is 0 Å². The lowest BCUT2D eigenvalue weighted by atomic mass is 10.3. The van der Waals surface area contributed by atoms with E-state index in [2.05, 4.69) is 20.8 Å². The number of carbonyl (C=O) groups excluding carboxylic acids is 1. The topological polar surface area (TPSA) is 79.0 Å². The van der Waals surface area contributed by atoms with E-state index in [0.29, 0.717) is 19.0 Å². The predicted octanol–water partition coefficient (Wildman–Crippen LogP) is -0.101. The summed E-state index contributed by atoms with van der Waals surface area (Å²) in [6.07, 6.45) is 0.445. The van der Waals surface area contributed by atoms with Crippen LogP contribution in [0.5, 0.6) is 0 Å². The third-order valence-corrected chi connectivity index (χ3v) is 2.48. The molecule has 0 radical (unpaired) electrons. The molecule has 16 heavy (non-hydrogen) atoms. The van der Waals surface area contributed by atoms with E-state index in [4.69, 9.17) is 4.74 Å². The van der Waals surface area contributed by atoms with Crippen molar-refractivity contribution in [1.29, 1.82) is 0 Å². The lowest BCUT2D eigenvalue weighted by Crippen LogP contribution is -2.45. The molecule has 1 unspecified atom stereocenters. The van der Waals surface area contributed by atoms with Gasteiger partial charge in [-0.3, -0.25) is 9.89 Å². The lowest BCUT2D eigenvalue weighted by Gasteiger charge is -2.22. The normalized spacial score (nSPS) is 20.7. The Kier molecular flexibility index (Phi) is 3.53. The van der Waals surface area contributed by atoms with E-state index >= 15 is 0 Å². The van der Waals surface area contributed by atoms with E-state index in [1.807, 2.05) is 13.0 Å². The van der Waals surface area contributed by atoms with Crippen LogP contribution in [0.4, 0.5) is 5.82 Å². The Labute approximate surface area is 93.8 Å². The van der Waals surface area contributed by atoms with Gasteiger partial charge in [0.25, 0.3) is 5.91 Å². The third-order valence-electron chi connectivity index (χ3n) is 2.48. The highest BCUT2D eigenvalue weighted by Gasteiger charge is 2.22. The molecule has 1 aliphatic rings. The summed E-state index contributed by atoms with van der Waals surface area (Å²) < 4.78 is 5.33. The van der Waals surface area contributed by atoms with Gasteiger partial charge in [-0.25, -0.2) is 0 Å². The minimum Gasteiger partial charge on any atom is -0.366 e. The van der Waals surface area contributed by atoms with Crippen LogP contribution in [-0.4, -0.2) is 41.9 Å². The summed E-state index contributed by atoms with van der Waals surface area (Å²) in [5, 5.41) is 12.7. The van der Waals surface area contributed by atoms with Crippen molar-refractivity contribution in [2.45, 2.75) is 19.4 Å². The van der Waals surface area contributed by atoms with Gasteiger partial charge < -0.3 is 15.4 Å². The number of hydrogen-bond acceptors (Lipinski definition) is 4. The molecule has 3 N–H and O–H groups in total. The summed E-state index contributed by atoms with van der Waals surface area (Å²) in [4.78, 5) is 11.7. The van der Waals surface area contributed by atoms with Gasteiger partial charge in [0.2, 0.25) is 0 Å². The molecule has 0 spiro atoms. The van der Waals surface area contributed by atoms with Gasteiger partial charge in [0.05, 0.1) is 6.61 Å². The number of aryl methyl sites for hydroxylation is 1. The summed E-state index contributed by atoms with van der Waals surface area (Å²) in [6.45, 7) is 3.94. The average molecular weight is 224 g/mol. The molecular formula is C10H16N4O2. The maximum absolute atomic E-state index is 11.7. The fourth-order valence-electron chi connectivity index (χ4n) is 1.55. The molecule has 0 aromatic carbocycles. The van der Waals surface area contributed by atoms with Crippen LogP contribution in [0.25, 0.3) is 0 Å². The zero-order chi connectivity index (χ0) is 11.4. The second-order valence-electron chi connectivity index (χ2n) is 3.68. The number of nitrogens with zero attached hydrogens (tertiary/aromatic N) is 1.